The number of rotatable bonds is 4. The SMILES string of the molecule is CCCn1ncc(C(=O)N2CCCC23CN(c2ccc(F)cc2)C(C)(C)C3)c1C. The van der Waals surface area contributed by atoms with Crippen LogP contribution in [-0.4, -0.2) is 44.8 Å². The molecule has 2 saturated heterocycles. The number of benzene rings is 1. The highest BCUT2D eigenvalue weighted by molar-refractivity contribution is 5.96. The van der Waals surface area contributed by atoms with Gasteiger partial charge in [-0.3, -0.25) is 9.48 Å². The zero-order valence-corrected chi connectivity index (χ0v) is 17.9. The number of amides is 1. The highest BCUT2D eigenvalue weighted by Crippen LogP contribution is 2.47. The van der Waals surface area contributed by atoms with Gasteiger partial charge in [0.1, 0.15) is 5.82 Å². The lowest BCUT2D eigenvalue weighted by molar-refractivity contribution is 0.0616. The Hall–Kier alpha value is -2.37. The van der Waals surface area contributed by atoms with E-state index < -0.39 is 0 Å². The Labute approximate surface area is 172 Å². The number of anilines is 1. The van der Waals surface area contributed by atoms with Gasteiger partial charge in [0.15, 0.2) is 0 Å². The Morgan fingerprint density at radius 2 is 1.97 bits per heavy atom. The minimum absolute atomic E-state index is 0.0964. The van der Waals surface area contributed by atoms with Crippen molar-refractivity contribution >= 4 is 11.6 Å². The van der Waals surface area contributed by atoms with E-state index in [9.17, 15) is 9.18 Å². The van der Waals surface area contributed by atoms with Crippen LogP contribution in [0.3, 0.4) is 0 Å². The predicted molar refractivity (Wildman–Crippen MR) is 113 cm³/mol. The lowest BCUT2D eigenvalue weighted by Gasteiger charge is -2.35. The zero-order chi connectivity index (χ0) is 20.8. The van der Waals surface area contributed by atoms with Crippen LogP contribution in [0.25, 0.3) is 0 Å². The number of carbonyl (C=O) groups excluding carboxylic acids is 1. The quantitative estimate of drug-likeness (QED) is 0.766. The van der Waals surface area contributed by atoms with Crippen LogP contribution in [0.1, 0.15) is 62.5 Å². The predicted octanol–water partition coefficient (Wildman–Crippen LogP) is 4.40. The lowest BCUT2D eigenvalue weighted by atomic mass is 9.87. The molecule has 1 spiro atoms. The van der Waals surface area contributed by atoms with E-state index in [4.69, 9.17) is 0 Å². The van der Waals surface area contributed by atoms with Crippen molar-refractivity contribution in [3.05, 3.63) is 47.5 Å². The average molecular weight is 399 g/mol. The standard InChI is InChI=1S/C23H31FN4O/c1-5-12-28-17(2)20(14-25-28)21(29)26-13-6-11-23(26)15-22(3,4)27(16-23)19-9-7-18(24)8-10-19/h7-10,14H,5-6,11-13,15-16H2,1-4H3. The second kappa shape index (κ2) is 7.15. The molecule has 4 rings (SSSR count). The molecule has 2 aliphatic heterocycles. The topological polar surface area (TPSA) is 41.4 Å². The number of aromatic nitrogens is 2. The smallest absolute Gasteiger partial charge is 0.257 e. The summed E-state index contributed by atoms with van der Waals surface area (Å²) in [5.74, 6) is -0.128. The first-order valence-electron chi connectivity index (χ1n) is 10.6. The molecule has 1 atom stereocenters. The van der Waals surface area contributed by atoms with Gasteiger partial charge in [0.25, 0.3) is 5.91 Å². The van der Waals surface area contributed by atoms with Crippen LogP contribution < -0.4 is 4.90 Å². The summed E-state index contributed by atoms with van der Waals surface area (Å²) in [6.45, 7) is 10.9. The van der Waals surface area contributed by atoms with Crippen LogP contribution in [0.15, 0.2) is 30.5 Å². The molecule has 2 aliphatic rings. The van der Waals surface area contributed by atoms with Gasteiger partial charge in [-0.1, -0.05) is 6.92 Å². The Bertz CT molecular complexity index is 904. The van der Waals surface area contributed by atoms with Crippen molar-refractivity contribution in [2.24, 2.45) is 0 Å². The lowest BCUT2D eigenvalue weighted by Crippen LogP contribution is -2.49. The molecule has 2 aromatic rings. The highest BCUT2D eigenvalue weighted by Gasteiger charge is 2.55. The van der Waals surface area contributed by atoms with E-state index in [1.165, 1.54) is 12.1 Å². The third-order valence-corrected chi connectivity index (χ3v) is 6.69. The Morgan fingerprint density at radius 1 is 1.24 bits per heavy atom. The van der Waals surface area contributed by atoms with Crippen LogP contribution in [-0.2, 0) is 6.54 Å². The van der Waals surface area contributed by atoms with Crippen LogP contribution in [0.5, 0.6) is 0 Å². The van der Waals surface area contributed by atoms with Gasteiger partial charge in [0.05, 0.1) is 17.3 Å². The molecule has 2 fully saturated rings. The molecule has 156 valence electrons. The molecular weight excluding hydrogens is 367 g/mol. The molecule has 5 nitrogen and oxygen atoms in total. The van der Waals surface area contributed by atoms with E-state index in [-0.39, 0.29) is 22.8 Å². The molecule has 0 aliphatic carbocycles. The maximum Gasteiger partial charge on any atom is 0.257 e. The van der Waals surface area contributed by atoms with Crippen molar-refractivity contribution in [1.82, 2.24) is 14.7 Å². The number of carbonyl (C=O) groups is 1. The Balaban J connectivity index is 1.63. The molecule has 1 amide bonds. The molecule has 3 heterocycles. The van der Waals surface area contributed by atoms with Crippen LogP contribution in [0, 0.1) is 12.7 Å². The summed E-state index contributed by atoms with van der Waals surface area (Å²) in [4.78, 5) is 18.0. The van der Waals surface area contributed by atoms with Gasteiger partial charge in [-0.05, 0) is 70.7 Å². The summed E-state index contributed by atoms with van der Waals surface area (Å²) >= 11 is 0. The molecule has 6 heteroatoms. The molecule has 29 heavy (non-hydrogen) atoms. The van der Waals surface area contributed by atoms with E-state index in [1.807, 2.05) is 23.7 Å². The maximum absolute atomic E-state index is 13.5. The minimum Gasteiger partial charge on any atom is -0.364 e. The number of hydrogen-bond donors (Lipinski definition) is 0. The average Bonchev–Trinajstić information content (AvgIpc) is 3.32. The first kappa shape index (κ1) is 19.9. The first-order valence-corrected chi connectivity index (χ1v) is 10.6. The van der Waals surface area contributed by atoms with Crippen LogP contribution in [0.2, 0.25) is 0 Å². The van der Waals surface area contributed by atoms with E-state index in [0.29, 0.717) is 0 Å². The van der Waals surface area contributed by atoms with E-state index in [2.05, 4.69) is 35.7 Å². The molecule has 0 radical (unpaired) electrons. The molecule has 1 unspecified atom stereocenters. The van der Waals surface area contributed by atoms with E-state index in [1.54, 1.807) is 6.20 Å². The van der Waals surface area contributed by atoms with Gasteiger partial charge >= 0.3 is 0 Å². The van der Waals surface area contributed by atoms with Gasteiger partial charge in [-0.15, -0.1) is 0 Å². The fraction of sp³-hybridized carbons (Fsp3) is 0.565. The number of aryl methyl sites for hydroxylation is 1. The summed E-state index contributed by atoms with van der Waals surface area (Å²) in [7, 11) is 0. The summed E-state index contributed by atoms with van der Waals surface area (Å²) in [6.07, 6.45) is 5.65. The number of halogens is 1. The van der Waals surface area contributed by atoms with E-state index >= 15 is 0 Å². The van der Waals surface area contributed by atoms with Crippen molar-refractivity contribution in [2.75, 3.05) is 18.0 Å². The van der Waals surface area contributed by atoms with Crippen LogP contribution in [0.4, 0.5) is 10.1 Å². The second-order valence-electron chi connectivity index (χ2n) is 9.20. The first-order chi connectivity index (χ1) is 13.8. The summed E-state index contributed by atoms with van der Waals surface area (Å²) in [5.41, 5.74) is 2.39. The van der Waals surface area contributed by atoms with Crippen molar-refractivity contribution in [3.8, 4) is 0 Å². The largest absolute Gasteiger partial charge is 0.364 e. The molecule has 0 N–H and O–H groups in total. The molecule has 0 bridgehead atoms. The van der Waals surface area contributed by atoms with Crippen LogP contribution >= 0.6 is 0 Å². The molecule has 1 aromatic heterocycles. The fourth-order valence-electron chi connectivity index (χ4n) is 5.37. The second-order valence-corrected chi connectivity index (χ2v) is 9.20. The van der Waals surface area contributed by atoms with E-state index in [0.717, 1.165) is 62.3 Å². The van der Waals surface area contributed by atoms with Gasteiger partial charge in [0.2, 0.25) is 0 Å². The summed E-state index contributed by atoms with van der Waals surface area (Å²) < 4.78 is 15.4. The normalized spacial score (nSPS) is 23.3. The monoisotopic (exact) mass is 398 g/mol. The Morgan fingerprint density at radius 3 is 2.66 bits per heavy atom. The third kappa shape index (κ3) is 3.32. The highest BCUT2D eigenvalue weighted by atomic mass is 19.1. The molecular formula is C23H31FN4O. The van der Waals surface area contributed by atoms with Gasteiger partial charge in [-0.2, -0.15) is 5.10 Å². The number of likely N-dealkylation sites (tertiary alicyclic amines) is 1. The summed E-state index contributed by atoms with van der Waals surface area (Å²) in [5, 5.41) is 4.44. The number of hydrogen-bond acceptors (Lipinski definition) is 3. The van der Waals surface area contributed by atoms with Crippen molar-refractivity contribution in [1.29, 1.82) is 0 Å². The zero-order valence-electron chi connectivity index (χ0n) is 17.9. The van der Waals surface area contributed by atoms with Gasteiger partial charge < -0.3 is 9.80 Å². The van der Waals surface area contributed by atoms with Crippen molar-refractivity contribution < 1.29 is 9.18 Å². The molecule has 1 aromatic carbocycles. The van der Waals surface area contributed by atoms with Gasteiger partial charge in [-0.25, -0.2) is 4.39 Å². The van der Waals surface area contributed by atoms with Crippen molar-refractivity contribution in [3.63, 3.8) is 0 Å². The minimum atomic E-state index is -0.224. The third-order valence-electron chi connectivity index (χ3n) is 6.69. The Kier molecular flexibility index (Phi) is 4.91. The molecule has 0 saturated carbocycles. The summed E-state index contributed by atoms with van der Waals surface area (Å²) in [6, 6.07) is 6.71. The van der Waals surface area contributed by atoms with Crippen molar-refractivity contribution in [2.45, 2.75) is 71.0 Å². The fourth-order valence-corrected chi connectivity index (χ4v) is 5.37. The number of nitrogens with zero attached hydrogens (tertiary/aromatic N) is 4. The maximum atomic E-state index is 13.5. The van der Waals surface area contributed by atoms with Gasteiger partial charge in [0, 0.05) is 36.6 Å².